The minimum Gasteiger partial charge on any atom is -0.378 e. The largest absolute Gasteiger partial charge is 0.378 e. The Kier molecular flexibility index (Phi) is 4.97. The normalized spacial score (nSPS) is 12.2. The number of benzene rings is 2. The zero-order chi connectivity index (χ0) is 15.4. The van der Waals surface area contributed by atoms with Crippen molar-refractivity contribution in [3.05, 3.63) is 53.8 Å². The number of rotatable bonds is 5. The first-order valence-corrected chi connectivity index (χ1v) is 7.33. The van der Waals surface area contributed by atoms with E-state index in [4.69, 9.17) is 0 Å². The van der Waals surface area contributed by atoms with Gasteiger partial charge in [0.1, 0.15) is 5.82 Å². The maximum Gasteiger partial charge on any atom is 0.123 e. The van der Waals surface area contributed by atoms with Crippen molar-refractivity contribution >= 4 is 5.69 Å². The smallest absolute Gasteiger partial charge is 0.123 e. The predicted octanol–water partition coefficient (Wildman–Crippen LogP) is 4.23. The van der Waals surface area contributed by atoms with Gasteiger partial charge in [-0.1, -0.05) is 25.1 Å². The van der Waals surface area contributed by atoms with Gasteiger partial charge in [-0.15, -0.1) is 0 Å². The van der Waals surface area contributed by atoms with E-state index in [0.29, 0.717) is 0 Å². The highest BCUT2D eigenvalue weighted by Crippen LogP contribution is 2.30. The lowest BCUT2D eigenvalue weighted by molar-refractivity contribution is 0.593. The van der Waals surface area contributed by atoms with E-state index in [2.05, 4.69) is 36.2 Å². The first-order valence-electron chi connectivity index (χ1n) is 7.33. The van der Waals surface area contributed by atoms with Gasteiger partial charge in [-0.3, -0.25) is 0 Å². The quantitative estimate of drug-likeness (QED) is 0.885. The monoisotopic (exact) mass is 286 g/mol. The van der Waals surface area contributed by atoms with Gasteiger partial charge < -0.3 is 10.2 Å². The van der Waals surface area contributed by atoms with Crippen LogP contribution in [-0.2, 0) is 0 Å². The van der Waals surface area contributed by atoms with Crippen LogP contribution < -0.4 is 10.2 Å². The highest BCUT2D eigenvalue weighted by molar-refractivity contribution is 5.70. The molecule has 2 nitrogen and oxygen atoms in total. The fraction of sp³-hybridized carbons (Fsp3) is 0.333. The Morgan fingerprint density at radius 1 is 1.10 bits per heavy atom. The van der Waals surface area contributed by atoms with Crippen LogP contribution in [0.1, 0.15) is 25.5 Å². The average molecular weight is 286 g/mol. The molecule has 0 bridgehead atoms. The number of hydrogen-bond acceptors (Lipinski definition) is 2. The molecule has 0 saturated heterocycles. The van der Waals surface area contributed by atoms with Gasteiger partial charge in [0.25, 0.3) is 0 Å². The molecule has 2 aromatic carbocycles. The lowest BCUT2D eigenvalue weighted by Crippen LogP contribution is -2.18. The first kappa shape index (κ1) is 15.5. The van der Waals surface area contributed by atoms with E-state index in [1.54, 1.807) is 6.07 Å². The molecule has 2 rings (SSSR count). The zero-order valence-corrected chi connectivity index (χ0v) is 13.2. The number of halogens is 1. The van der Waals surface area contributed by atoms with Crippen LogP contribution in [-0.4, -0.2) is 20.6 Å². The minimum absolute atomic E-state index is 0.194. The Bertz CT molecular complexity index is 591. The van der Waals surface area contributed by atoms with Crippen molar-refractivity contribution in [2.75, 3.05) is 25.5 Å². The highest BCUT2D eigenvalue weighted by atomic mass is 19.1. The van der Waals surface area contributed by atoms with Crippen LogP contribution >= 0.6 is 0 Å². The molecular weight excluding hydrogens is 263 g/mol. The molecule has 0 amide bonds. The summed E-state index contributed by atoms with van der Waals surface area (Å²) in [5.41, 5.74) is 4.25. The SMILES string of the molecule is CCNC(C)c1ccc(F)cc1-c1ccc(N(C)C)cc1. The van der Waals surface area contributed by atoms with Crippen molar-refractivity contribution < 1.29 is 4.39 Å². The third kappa shape index (κ3) is 3.61. The van der Waals surface area contributed by atoms with Gasteiger partial charge in [0, 0.05) is 25.8 Å². The van der Waals surface area contributed by atoms with E-state index in [1.807, 2.05) is 32.3 Å². The summed E-state index contributed by atoms with van der Waals surface area (Å²) in [6.45, 7) is 5.07. The van der Waals surface area contributed by atoms with E-state index in [1.165, 1.54) is 6.07 Å². The molecule has 3 heteroatoms. The molecule has 0 saturated carbocycles. The van der Waals surface area contributed by atoms with Crippen LogP contribution in [0.4, 0.5) is 10.1 Å². The second-order valence-electron chi connectivity index (χ2n) is 5.45. The summed E-state index contributed by atoms with van der Waals surface area (Å²) in [5.74, 6) is -0.200. The van der Waals surface area contributed by atoms with Gasteiger partial charge in [-0.2, -0.15) is 0 Å². The molecule has 2 aromatic rings. The number of anilines is 1. The van der Waals surface area contributed by atoms with Crippen molar-refractivity contribution in [2.24, 2.45) is 0 Å². The molecule has 0 aliphatic rings. The molecule has 0 radical (unpaired) electrons. The molecule has 1 unspecified atom stereocenters. The highest BCUT2D eigenvalue weighted by Gasteiger charge is 2.12. The van der Waals surface area contributed by atoms with Crippen LogP contribution in [0.15, 0.2) is 42.5 Å². The van der Waals surface area contributed by atoms with Gasteiger partial charge in [0.2, 0.25) is 0 Å². The van der Waals surface area contributed by atoms with Crippen LogP contribution in [0.2, 0.25) is 0 Å². The van der Waals surface area contributed by atoms with Crippen molar-refractivity contribution in [1.29, 1.82) is 0 Å². The van der Waals surface area contributed by atoms with E-state index in [9.17, 15) is 4.39 Å². The Hall–Kier alpha value is -1.87. The fourth-order valence-corrected chi connectivity index (χ4v) is 2.51. The molecule has 1 N–H and O–H groups in total. The Morgan fingerprint density at radius 3 is 2.33 bits per heavy atom. The molecule has 0 aliphatic heterocycles. The van der Waals surface area contributed by atoms with Crippen molar-refractivity contribution in [2.45, 2.75) is 19.9 Å². The standard InChI is InChI=1S/C18H23FN2/c1-5-20-13(2)17-11-8-15(19)12-18(17)14-6-9-16(10-7-14)21(3)4/h6-13,20H,5H2,1-4H3. The molecule has 0 fully saturated rings. The lowest BCUT2D eigenvalue weighted by Gasteiger charge is -2.18. The summed E-state index contributed by atoms with van der Waals surface area (Å²) < 4.78 is 13.7. The summed E-state index contributed by atoms with van der Waals surface area (Å²) in [7, 11) is 4.02. The molecule has 21 heavy (non-hydrogen) atoms. The summed E-state index contributed by atoms with van der Waals surface area (Å²) in [6.07, 6.45) is 0. The zero-order valence-electron chi connectivity index (χ0n) is 13.2. The van der Waals surface area contributed by atoms with Crippen LogP contribution in [0.3, 0.4) is 0 Å². The summed E-state index contributed by atoms with van der Waals surface area (Å²) >= 11 is 0. The molecular formula is C18H23FN2. The van der Waals surface area contributed by atoms with Gasteiger partial charge in [0.15, 0.2) is 0 Å². The second-order valence-corrected chi connectivity index (χ2v) is 5.45. The van der Waals surface area contributed by atoms with Gasteiger partial charge in [-0.25, -0.2) is 4.39 Å². The number of nitrogens with zero attached hydrogens (tertiary/aromatic N) is 1. The fourth-order valence-electron chi connectivity index (χ4n) is 2.51. The van der Waals surface area contributed by atoms with E-state index in [0.717, 1.165) is 28.9 Å². The molecule has 1 atom stereocenters. The van der Waals surface area contributed by atoms with Crippen LogP contribution in [0, 0.1) is 5.82 Å². The average Bonchev–Trinajstić information content (AvgIpc) is 2.47. The van der Waals surface area contributed by atoms with Crippen molar-refractivity contribution in [3.63, 3.8) is 0 Å². The topological polar surface area (TPSA) is 15.3 Å². The van der Waals surface area contributed by atoms with Gasteiger partial charge in [0.05, 0.1) is 0 Å². The van der Waals surface area contributed by atoms with Crippen LogP contribution in [0.5, 0.6) is 0 Å². The Balaban J connectivity index is 2.43. The third-order valence-corrected chi connectivity index (χ3v) is 3.69. The number of nitrogens with one attached hydrogen (secondary N) is 1. The van der Waals surface area contributed by atoms with E-state index in [-0.39, 0.29) is 11.9 Å². The number of hydrogen-bond donors (Lipinski definition) is 1. The van der Waals surface area contributed by atoms with Crippen molar-refractivity contribution in [3.8, 4) is 11.1 Å². The van der Waals surface area contributed by atoms with Gasteiger partial charge in [-0.05, 0) is 54.4 Å². The first-order chi connectivity index (χ1) is 10.0. The molecule has 0 spiro atoms. The summed E-state index contributed by atoms with van der Waals surface area (Å²) in [5, 5.41) is 3.39. The predicted molar refractivity (Wildman–Crippen MR) is 88.3 cm³/mol. The minimum atomic E-state index is -0.200. The summed E-state index contributed by atoms with van der Waals surface area (Å²) in [4.78, 5) is 2.05. The summed E-state index contributed by atoms with van der Waals surface area (Å²) in [6, 6.07) is 13.4. The Morgan fingerprint density at radius 2 is 1.76 bits per heavy atom. The maximum absolute atomic E-state index is 13.7. The maximum atomic E-state index is 13.7. The van der Waals surface area contributed by atoms with E-state index < -0.39 is 0 Å². The molecule has 112 valence electrons. The van der Waals surface area contributed by atoms with E-state index >= 15 is 0 Å². The lowest BCUT2D eigenvalue weighted by atomic mass is 9.95. The molecule has 0 heterocycles. The molecule has 0 aromatic heterocycles. The van der Waals surface area contributed by atoms with Gasteiger partial charge >= 0.3 is 0 Å². The van der Waals surface area contributed by atoms with Crippen molar-refractivity contribution in [1.82, 2.24) is 5.32 Å². The molecule has 0 aliphatic carbocycles. The third-order valence-electron chi connectivity index (χ3n) is 3.69. The Labute approximate surface area is 126 Å². The van der Waals surface area contributed by atoms with Crippen LogP contribution in [0.25, 0.3) is 11.1 Å². The second kappa shape index (κ2) is 6.72.